The topological polar surface area (TPSA) is 62.1 Å². The van der Waals surface area contributed by atoms with E-state index in [0.717, 1.165) is 17.2 Å². The number of carboxylic acids is 1. The lowest BCUT2D eigenvalue weighted by atomic mass is 9.97. The second-order valence-corrected chi connectivity index (χ2v) is 8.56. The first-order valence-electron chi connectivity index (χ1n) is 11.2. The second kappa shape index (κ2) is 10.7. The van der Waals surface area contributed by atoms with Crippen LogP contribution in [0.5, 0.6) is 0 Å². The number of hydrogen-bond donors (Lipinski definition) is 1. The predicted octanol–water partition coefficient (Wildman–Crippen LogP) is 5.63. The van der Waals surface area contributed by atoms with E-state index < -0.39 is 17.7 Å². The monoisotopic (exact) mass is 482 g/mol. The summed E-state index contributed by atoms with van der Waals surface area (Å²) in [5, 5.41) is 12.8. The normalized spacial score (nSPS) is 14.7. The number of alkyl halides is 3. The van der Waals surface area contributed by atoms with Gasteiger partial charge in [0.1, 0.15) is 6.61 Å². The molecular weight excluding hydrogens is 457 g/mol. The molecule has 1 N–H and O–H groups in total. The molecule has 1 aliphatic rings. The Morgan fingerprint density at radius 1 is 1.00 bits per heavy atom. The van der Waals surface area contributed by atoms with Gasteiger partial charge in [-0.2, -0.15) is 13.2 Å². The van der Waals surface area contributed by atoms with E-state index >= 15 is 0 Å². The molecule has 0 aromatic heterocycles. The summed E-state index contributed by atoms with van der Waals surface area (Å²) < 4.78 is 40.9. The highest BCUT2D eigenvalue weighted by atomic mass is 19.4. The van der Waals surface area contributed by atoms with Crippen molar-refractivity contribution in [1.82, 2.24) is 4.90 Å². The molecule has 182 valence electrons. The summed E-state index contributed by atoms with van der Waals surface area (Å²) in [5.41, 5.74) is 2.43. The third-order valence-corrected chi connectivity index (χ3v) is 5.92. The van der Waals surface area contributed by atoms with Gasteiger partial charge in [0, 0.05) is 32.3 Å². The van der Waals surface area contributed by atoms with Crippen LogP contribution in [0.15, 0.2) is 78.0 Å². The number of carbonyl (C=O) groups is 1. The Labute approximate surface area is 201 Å². The highest BCUT2D eigenvalue weighted by Gasteiger charge is 2.34. The molecular formula is C27H25F3N2O3. The Morgan fingerprint density at radius 3 is 2.31 bits per heavy atom. The van der Waals surface area contributed by atoms with Gasteiger partial charge in [-0.3, -0.25) is 9.69 Å². The van der Waals surface area contributed by atoms with Crippen molar-refractivity contribution in [2.45, 2.75) is 25.7 Å². The molecule has 5 nitrogen and oxygen atoms in total. The molecule has 0 aliphatic carbocycles. The van der Waals surface area contributed by atoms with Crippen LogP contribution in [-0.2, 0) is 35.4 Å². The van der Waals surface area contributed by atoms with Gasteiger partial charge in [0.05, 0.1) is 11.5 Å². The van der Waals surface area contributed by atoms with Crippen LogP contribution in [0.3, 0.4) is 0 Å². The van der Waals surface area contributed by atoms with Crippen LogP contribution in [0.1, 0.15) is 22.3 Å². The highest BCUT2D eigenvalue weighted by Crippen LogP contribution is 2.37. The van der Waals surface area contributed by atoms with E-state index in [4.69, 9.17) is 9.94 Å². The van der Waals surface area contributed by atoms with Crippen molar-refractivity contribution in [2.24, 2.45) is 11.1 Å². The van der Waals surface area contributed by atoms with Crippen LogP contribution in [0, 0.1) is 5.92 Å². The van der Waals surface area contributed by atoms with Crippen molar-refractivity contribution in [1.29, 1.82) is 0 Å². The lowest BCUT2D eigenvalue weighted by molar-refractivity contribution is -0.147. The van der Waals surface area contributed by atoms with E-state index in [-0.39, 0.29) is 18.1 Å². The Bertz CT molecular complexity index is 1170. The maximum absolute atomic E-state index is 13.6. The molecule has 0 bridgehead atoms. The van der Waals surface area contributed by atoms with Gasteiger partial charge in [0.25, 0.3) is 0 Å². The number of carboxylic acid groups (broad SMARTS) is 1. The average molecular weight is 483 g/mol. The summed E-state index contributed by atoms with van der Waals surface area (Å²) in [7, 11) is 0. The first-order valence-corrected chi connectivity index (χ1v) is 11.2. The van der Waals surface area contributed by atoms with Crippen molar-refractivity contribution in [3.8, 4) is 11.1 Å². The molecule has 0 saturated carbocycles. The summed E-state index contributed by atoms with van der Waals surface area (Å²) in [6.07, 6.45) is -2.39. The largest absolute Gasteiger partial charge is 0.481 e. The predicted molar refractivity (Wildman–Crippen MR) is 127 cm³/mol. The van der Waals surface area contributed by atoms with Crippen molar-refractivity contribution in [3.63, 3.8) is 0 Å². The number of hydrogen-bond acceptors (Lipinski definition) is 4. The van der Waals surface area contributed by atoms with Gasteiger partial charge in [0.2, 0.25) is 0 Å². The van der Waals surface area contributed by atoms with E-state index in [1.165, 1.54) is 6.07 Å². The van der Waals surface area contributed by atoms with Gasteiger partial charge < -0.3 is 9.94 Å². The smallest absolute Gasteiger partial charge is 0.417 e. The fourth-order valence-electron chi connectivity index (χ4n) is 3.99. The summed E-state index contributed by atoms with van der Waals surface area (Å²) >= 11 is 0. The number of oxime groups is 1. The van der Waals surface area contributed by atoms with Gasteiger partial charge in [-0.05, 0) is 33.9 Å². The number of likely N-dealkylation sites (tertiary alicyclic amines) is 1. The maximum atomic E-state index is 13.6. The summed E-state index contributed by atoms with van der Waals surface area (Å²) in [5.74, 6) is -1.02. The fourth-order valence-corrected chi connectivity index (χ4v) is 3.99. The van der Waals surface area contributed by atoms with Crippen LogP contribution < -0.4 is 0 Å². The number of benzene rings is 3. The van der Waals surface area contributed by atoms with Crippen molar-refractivity contribution in [2.75, 3.05) is 13.1 Å². The minimum Gasteiger partial charge on any atom is -0.481 e. The first kappa shape index (κ1) is 24.5. The van der Waals surface area contributed by atoms with E-state index in [1.54, 1.807) is 42.6 Å². The van der Waals surface area contributed by atoms with Gasteiger partial charge in [-0.15, -0.1) is 0 Å². The third-order valence-electron chi connectivity index (χ3n) is 5.92. The van der Waals surface area contributed by atoms with E-state index in [2.05, 4.69) is 10.1 Å². The van der Waals surface area contributed by atoms with Gasteiger partial charge in [0.15, 0.2) is 0 Å². The van der Waals surface area contributed by atoms with Crippen LogP contribution in [0.25, 0.3) is 11.1 Å². The zero-order valence-electron chi connectivity index (χ0n) is 18.9. The molecule has 0 atom stereocenters. The molecule has 35 heavy (non-hydrogen) atoms. The zero-order valence-corrected chi connectivity index (χ0v) is 18.9. The lowest BCUT2D eigenvalue weighted by Crippen LogP contribution is -2.49. The van der Waals surface area contributed by atoms with Gasteiger partial charge in [-0.25, -0.2) is 0 Å². The van der Waals surface area contributed by atoms with E-state index in [9.17, 15) is 18.0 Å². The second-order valence-electron chi connectivity index (χ2n) is 8.56. The molecule has 0 unspecified atom stereocenters. The Balaban J connectivity index is 1.28. The van der Waals surface area contributed by atoms with E-state index in [1.807, 2.05) is 24.3 Å². The minimum absolute atomic E-state index is 0.0687. The van der Waals surface area contributed by atoms with Crippen LogP contribution >= 0.6 is 0 Å². The molecule has 1 fully saturated rings. The van der Waals surface area contributed by atoms with Crippen LogP contribution in [0.2, 0.25) is 0 Å². The Kier molecular flexibility index (Phi) is 7.51. The van der Waals surface area contributed by atoms with Crippen LogP contribution in [0.4, 0.5) is 13.2 Å². The minimum atomic E-state index is -4.48. The number of nitrogens with zero attached hydrogens (tertiary/aromatic N) is 2. The summed E-state index contributed by atoms with van der Waals surface area (Å²) in [6, 6.07) is 20.6. The molecule has 8 heteroatoms. The lowest BCUT2D eigenvalue weighted by Gasteiger charge is -2.36. The Hall–Kier alpha value is -3.65. The molecule has 3 aromatic rings. The van der Waals surface area contributed by atoms with Crippen molar-refractivity contribution >= 4 is 12.2 Å². The molecule has 0 amide bonds. The molecule has 4 rings (SSSR count). The maximum Gasteiger partial charge on any atom is 0.417 e. The molecule has 0 radical (unpaired) electrons. The fraction of sp³-hybridized carbons (Fsp3) is 0.259. The van der Waals surface area contributed by atoms with Crippen molar-refractivity contribution in [3.05, 3.63) is 95.1 Å². The number of rotatable bonds is 9. The quantitative estimate of drug-likeness (QED) is 0.317. The van der Waals surface area contributed by atoms with Gasteiger partial charge in [-0.1, -0.05) is 71.9 Å². The van der Waals surface area contributed by atoms with Crippen LogP contribution in [-0.4, -0.2) is 35.3 Å². The standard InChI is InChI=1S/C27H25F3N2O3/c28-27(29,30)25-14-21(10-11-24(25)22-4-2-1-3-5-22)18-35-31-13-12-19-6-8-20(9-7-19)15-32-16-23(17-32)26(33)34/h1-11,13-14,23H,12,15-18H2,(H,33,34). The summed E-state index contributed by atoms with van der Waals surface area (Å²) in [6.45, 7) is 1.78. The highest BCUT2D eigenvalue weighted by molar-refractivity contribution is 5.71. The molecule has 1 aliphatic heterocycles. The molecule has 3 aromatic carbocycles. The molecule has 0 spiro atoms. The summed E-state index contributed by atoms with van der Waals surface area (Å²) in [4.78, 5) is 18.2. The average Bonchev–Trinajstić information content (AvgIpc) is 2.81. The van der Waals surface area contributed by atoms with Gasteiger partial charge >= 0.3 is 12.1 Å². The zero-order chi connectivity index (χ0) is 24.8. The Morgan fingerprint density at radius 2 is 1.66 bits per heavy atom. The number of halogens is 3. The third kappa shape index (κ3) is 6.48. The first-order chi connectivity index (χ1) is 16.8. The molecule has 1 saturated heterocycles. The number of aliphatic carboxylic acids is 1. The van der Waals surface area contributed by atoms with E-state index in [0.29, 0.717) is 37.2 Å². The van der Waals surface area contributed by atoms with Crippen molar-refractivity contribution < 1.29 is 27.9 Å². The SMILES string of the molecule is O=C(O)C1CN(Cc2ccc(CC=NOCc3ccc(-c4ccccc4)c(C(F)(F)F)c3)cc2)C1. The molecule has 1 heterocycles.